The lowest BCUT2D eigenvalue weighted by atomic mass is 10.1. The summed E-state index contributed by atoms with van der Waals surface area (Å²) in [4.78, 5) is 10.3. The van der Waals surface area contributed by atoms with Crippen LogP contribution in [-0.4, -0.2) is 17.4 Å². The van der Waals surface area contributed by atoms with E-state index in [1.54, 1.807) is 6.07 Å². The summed E-state index contributed by atoms with van der Waals surface area (Å²) in [6, 6.07) is 5.71. The number of carbonyl (C=O) groups is 1. The number of ether oxygens (including phenoxy) is 1. The summed E-state index contributed by atoms with van der Waals surface area (Å²) in [6.45, 7) is 0. The average Bonchev–Trinajstić information content (AvgIpc) is 2.22. The highest BCUT2D eigenvalue weighted by Crippen LogP contribution is 2.23. The van der Waals surface area contributed by atoms with Gasteiger partial charge in [0.25, 0.3) is 0 Å². The molecule has 0 aromatic heterocycles. The van der Waals surface area contributed by atoms with Crippen molar-refractivity contribution in [1.29, 1.82) is 0 Å². The molecule has 1 aromatic rings. The van der Waals surface area contributed by atoms with Crippen molar-refractivity contribution in [1.82, 2.24) is 0 Å². The lowest BCUT2D eigenvalue weighted by molar-refractivity contribution is -0.274. The van der Waals surface area contributed by atoms with Crippen LogP contribution in [0.4, 0.5) is 13.2 Å². The highest BCUT2D eigenvalue weighted by molar-refractivity contribution is 5.66. The molecule has 0 fully saturated rings. The Labute approximate surface area is 102 Å². The molecule has 0 aliphatic rings. The van der Waals surface area contributed by atoms with Gasteiger partial charge in [-0.2, -0.15) is 0 Å². The normalized spacial score (nSPS) is 11.3. The van der Waals surface area contributed by atoms with Crippen LogP contribution in [0.5, 0.6) is 5.75 Å². The molecule has 18 heavy (non-hydrogen) atoms. The molecule has 3 nitrogen and oxygen atoms in total. The Hall–Kier alpha value is -1.72. The van der Waals surface area contributed by atoms with E-state index in [2.05, 4.69) is 4.74 Å². The van der Waals surface area contributed by atoms with E-state index in [0.29, 0.717) is 24.8 Å². The number of alkyl halides is 3. The van der Waals surface area contributed by atoms with Crippen LogP contribution in [-0.2, 0) is 11.2 Å². The number of aliphatic carboxylic acids is 1. The van der Waals surface area contributed by atoms with Crippen molar-refractivity contribution >= 4 is 5.97 Å². The number of aryl methyl sites for hydroxylation is 1. The molecule has 1 rings (SSSR count). The number of rotatable bonds is 6. The largest absolute Gasteiger partial charge is 0.573 e. The van der Waals surface area contributed by atoms with Gasteiger partial charge in [0, 0.05) is 6.42 Å². The summed E-state index contributed by atoms with van der Waals surface area (Å²) < 4.78 is 39.7. The van der Waals surface area contributed by atoms with Crippen LogP contribution < -0.4 is 4.74 Å². The van der Waals surface area contributed by atoms with E-state index in [9.17, 15) is 18.0 Å². The van der Waals surface area contributed by atoms with Gasteiger partial charge in [0.2, 0.25) is 0 Å². The van der Waals surface area contributed by atoms with Crippen molar-refractivity contribution in [2.24, 2.45) is 0 Å². The number of hydrogen-bond donors (Lipinski definition) is 1. The molecule has 1 aromatic carbocycles. The van der Waals surface area contributed by atoms with E-state index in [1.807, 2.05) is 0 Å². The number of hydrogen-bond acceptors (Lipinski definition) is 2. The van der Waals surface area contributed by atoms with Crippen LogP contribution in [0.3, 0.4) is 0 Å². The van der Waals surface area contributed by atoms with Gasteiger partial charge in [-0.05, 0) is 37.0 Å². The van der Waals surface area contributed by atoms with Gasteiger partial charge in [0.15, 0.2) is 0 Å². The van der Waals surface area contributed by atoms with E-state index in [-0.39, 0.29) is 12.2 Å². The van der Waals surface area contributed by atoms with Crippen LogP contribution in [0.25, 0.3) is 0 Å². The number of carboxylic acid groups (broad SMARTS) is 1. The maximum Gasteiger partial charge on any atom is 0.573 e. The minimum atomic E-state index is -4.69. The Morgan fingerprint density at radius 1 is 1.28 bits per heavy atom. The molecule has 0 amide bonds. The molecule has 6 heteroatoms. The van der Waals surface area contributed by atoms with Crippen LogP contribution in [0.1, 0.15) is 24.8 Å². The number of benzene rings is 1. The Bertz CT molecular complexity index is 402. The first kappa shape index (κ1) is 14.3. The smallest absolute Gasteiger partial charge is 0.481 e. The van der Waals surface area contributed by atoms with Crippen molar-refractivity contribution < 1.29 is 27.8 Å². The van der Waals surface area contributed by atoms with Crippen LogP contribution >= 0.6 is 0 Å². The zero-order valence-corrected chi connectivity index (χ0v) is 9.54. The fraction of sp³-hybridized carbons (Fsp3) is 0.417. The molecule has 0 aliphatic carbocycles. The summed E-state index contributed by atoms with van der Waals surface area (Å²) in [5.74, 6) is -1.12. The van der Waals surface area contributed by atoms with Crippen molar-refractivity contribution in [3.8, 4) is 5.75 Å². The standard InChI is InChI=1S/C12H13F3O3/c13-12(14,15)18-10-6-3-5-9(8-10)4-1-2-7-11(16)17/h3,5-6,8H,1-2,4,7H2,(H,16,17). The third-order valence-electron chi connectivity index (χ3n) is 2.24. The predicted octanol–water partition coefficient (Wildman–Crippen LogP) is 3.38. The third-order valence-corrected chi connectivity index (χ3v) is 2.24. The second-order valence-electron chi connectivity index (χ2n) is 3.80. The monoisotopic (exact) mass is 262 g/mol. The van der Waals surface area contributed by atoms with Gasteiger partial charge >= 0.3 is 12.3 Å². The first-order valence-electron chi connectivity index (χ1n) is 5.43. The van der Waals surface area contributed by atoms with Gasteiger partial charge in [-0.3, -0.25) is 4.79 Å². The van der Waals surface area contributed by atoms with Gasteiger partial charge in [0.1, 0.15) is 5.75 Å². The Morgan fingerprint density at radius 2 is 2.00 bits per heavy atom. The van der Waals surface area contributed by atoms with E-state index in [0.717, 1.165) is 0 Å². The molecule has 1 N–H and O–H groups in total. The first-order valence-corrected chi connectivity index (χ1v) is 5.43. The summed E-state index contributed by atoms with van der Waals surface area (Å²) in [5, 5.41) is 8.44. The molecule has 100 valence electrons. The highest BCUT2D eigenvalue weighted by atomic mass is 19.4. The Kier molecular flexibility index (Phi) is 5.00. The summed E-state index contributed by atoms with van der Waals surface area (Å²) in [6.07, 6.45) is -2.98. The van der Waals surface area contributed by atoms with Crippen LogP contribution in [0.2, 0.25) is 0 Å². The maximum absolute atomic E-state index is 12.0. The maximum atomic E-state index is 12.0. The number of halogens is 3. The van der Waals surface area contributed by atoms with E-state index >= 15 is 0 Å². The quantitative estimate of drug-likeness (QED) is 0.799. The van der Waals surface area contributed by atoms with Crippen molar-refractivity contribution in [2.45, 2.75) is 32.0 Å². The van der Waals surface area contributed by atoms with E-state index in [1.165, 1.54) is 18.2 Å². The molecule has 0 heterocycles. The van der Waals surface area contributed by atoms with Gasteiger partial charge in [-0.25, -0.2) is 0 Å². The van der Waals surface area contributed by atoms with Crippen LogP contribution in [0.15, 0.2) is 24.3 Å². The molecule has 0 radical (unpaired) electrons. The Balaban J connectivity index is 2.47. The second kappa shape index (κ2) is 6.28. The van der Waals surface area contributed by atoms with Crippen molar-refractivity contribution in [3.63, 3.8) is 0 Å². The molecule has 0 bridgehead atoms. The highest BCUT2D eigenvalue weighted by Gasteiger charge is 2.31. The lowest BCUT2D eigenvalue weighted by Crippen LogP contribution is -2.17. The first-order chi connectivity index (χ1) is 8.37. The molecule has 0 atom stereocenters. The molecular formula is C12H13F3O3. The lowest BCUT2D eigenvalue weighted by Gasteiger charge is -2.09. The topological polar surface area (TPSA) is 46.5 Å². The van der Waals surface area contributed by atoms with E-state index < -0.39 is 12.3 Å². The van der Waals surface area contributed by atoms with Crippen molar-refractivity contribution in [3.05, 3.63) is 29.8 Å². The third kappa shape index (κ3) is 6.12. The molecule has 0 saturated heterocycles. The van der Waals surface area contributed by atoms with E-state index in [4.69, 9.17) is 5.11 Å². The Morgan fingerprint density at radius 3 is 2.61 bits per heavy atom. The average molecular weight is 262 g/mol. The summed E-state index contributed by atoms with van der Waals surface area (Å²) in [5.41, 5.74) is 0.696. The van der Waals surface area contributed by atoms with Gasteiger partial charge in [-0.15, -0.1) is 13.2 Å². The van der Waals surface area contributed by atoms with Gasteiger partial charge in [-0.1, -0.05) is 12.1 Å². The SMILES string of the molecule is O=C(O)CCCCc1cccc(OC(F)(F)F)c1. The summed E-state index contributed by atoms with van der Waals surface area (Å²) in [7, 11) is 0. The van der Waals surface area contributed by atoms with Crippen LogP contribution in [0, 0.1) is 0 Å². The predicted molar refractivity (Wildman–Crippen MR) is 58.3 cm³/mol. The molecule has 0 unspecified atom stereocenters. The number of unbranched alkanes of at least 4 members (excludes halogenated alkanes) is 1. The fourth-order valence-corrected chi connectivity index (χ4v) is 1.50. The summed E-state index contributed by atoms with van der Waals surface area (Å²) >= 11 is 0. The molecule has 0 spiro atoms. The fourth-order valence-electron chi connectivity index (χ4n) is 1.50. The van der Waals surface area contributed by atoms with Gasteiger partial charge in [0.05, 0.1) is 0 Å². The minimum absolute atomic E-state index is 0.0682. The minimum Gasteiger partial charge on any atom is -0.481 e. The zero-order chi connectivity index (χ0) is 13.6. The molecular weight excluding hydrogens is 249 g/mol. The van der Waals surface area contributed by atoms with Crippen molar-refractivity contribution in [2.75, 3.05) is 0 Å². The molecule has 0 saturated carbocycles. The van der Waals surface area contributed by atoms with Gasteiger partial charge < -0.3 is 9.84 Å². The molecule has 0 aliphatic heterocycles. The second-order valence-corrected chi connectivity index (χ2v) is 3.80. The number of carboxylic acids is 1. The zero-order valence-electron chi connectivity index (χ0n) is 9.54.